The molecule has 0 amide bonds. The van der Waals surface area contributed by atoms with E-state index in [1.165, 1.54) is 223 Å². The van der Waals surface area contributed by atoms with Crippen LogP contribution in [-0.2, 0) is 0 Å². The van der Waals surface area contributed by atoms with Crippen molar-refractivity contribution >= 4 is 0 Å². The minimum absolute atomic E-state index is 1.00. The smallest absolute Gasteiger partial charge is 0.0782 e. The molecular formula is C38H80N2O2. The van der Waals surface area contributed by atoms with Gasteiger partial charge in [-0.3, -0.25) is 0 Å². The second-order valence-corrected chi connectivity index (χ2v) is 14.1. The van der Waals surface area contributed by atoms with Crippen molar-refractivity contribution in [3.63, 3.8) is 0 Å². The van der Waals surface area contributed by atoms with Crippen LogP contribution in [0.2, 0.25) is 0 Å². The summed E-state index contributed by atoms with van der Waals surface area (Å²) in [5.74, 6) is 0. The first-order valence-corrected chi connectivity index (χ1v) is 19.3. The van der Waals surface area contributed by atoms with Crippen molar-refractivity contribution < 1.29 is 4.48 Å². The van der Waals surface area contributed by atoms with Crippen molar-refractivity contribution in [2.24, 2.45) is 5.34 Å². The van der Waals surface area contributed by atoms with E-state index >= 15 is 0 Å². The van der Waals surface area contributed by atoms with E-state index in [0.717, 1.165) is 5.34 Å². The molecule has 0 aliphatic carbocycles. The lowest BCUT2D eigenvalue weighted by Crippen LogP contribution is -2.41. The molecule has 0 saturated carbocycles. The highest BCUT2D eigenvalue weighted by molar-refractivity contribution is 4.52. The molecule has 0 spiro atoms. The van der Waals surface area contributed by atoms with Gasteiger partial charge in [-0.05, 0) is 25.7 Å². The van der Waals surface area contributed by atoms with Crippen LogP contribution < -0.4 is 0 Å². The Bertz CT molecular complexity index is 446. The van der Waals surface area contributed by atoms with Gasteiger partial charge in [0.15, 0.2) is 0 Å². The Hall–Kier alpha value is -0.640. The average Bonchev–Trinajstić information content (AvgIpc) is 2.97. The maximum Gasteiger partial charge on any atom is 0.0782 e. The molecule has 0 N–H and O–H groups in total. The van der Waals surface area contributed by atoms with Gasteiger partial charge in [-0.15, -0.1) is 5.34 Å². The fourth-order valence-electron chi connectivity index (χ4n) is 6.29. The van der Waals surface area contributed by atoms with Crippen molar-refractivity contribution in [1.29, 1.82) is 0 Å². The van der Waals surface area contributed by atoms with Crippen LogP contribution in [0, 0.1) is 10.1 Å². The predicted molar refractivity (Wildman–Crippen MR) is 190 cm³/mol. The molecule has 4 nitrogen and oxygen atoms in total. The zero-order valence-corrected chi connectivity index (χ0v) is 29.8. The summed E-state index contributed by atoms with van der Waals surface area (Å²) >= 11 is 0. The largest absolute Gasteiger partial charge is 0.444 e. The molecule has 0 saturated heterocycles. The first-order valence-electron chi connectivity index (χ1n) is 19.3. The summed E-state index contributed by atoms with van der Waals surface area (Å²) in [7, 11) is 4.94. The van der Waals surface area contributed by atoms with Crippen molar-refractivity contribution in [3.05, 3.63) is 10.1 Å². The lowest BCUT2D eigenvalue weighted by atomic mass is 10.0. The lowest BCUT2D eigenvalue weighted by Gasteiger charge is -2.30. The van der Waals surface area contributed by atoms with Gasteiger partial charge in [0.1, 0.15) is 0 Å². The SMILES string of the molecule is CCCCCCCCCCCCCCCCCC[N+](C)(C)CCCCCCCCCCCCCCCCCC.O=N[O-]. The quantitative estimate of drug-likeness (QED) is 0.0321. The van der Waals surface area contributed by atoms with E-state index in [9.17, 15) is 0 Å². The van der Waals surface area contributed by atoms with Crippen molar-refractivity contribution in [1.82, 2.24) is 0 Å². The molecule has 0 aromatic carbocycles. The maximum atomic E-state index is 8.00. The van der Waals surface area contributed by atoms with E-state index in [2.05, 4.69) is 27.9 Å². The highest BCUT2D eigenvalue weighted by Gasteiger charge is 2.13. The molecule has 0 aliphatic rings. The van der Waals surface area contributed by atoms with Gasteiger partial charge in [0.2, 0.25) is 0 Å². The molecule has 42 heavy (non-hydrogen) atoms. The Labute approximate surface area is 266 Å². The topological polar surface area (TPSA) is 52.5 Å². The fourth-order valence-corrected chi connectivity index (χ4v) is 6.29. The monoisotopic (exact) mass is 597 g/mol. The van der Waals surface area contributed by atoms with Gasteiger partial charge in [-0.1, -0.05) is 194 Å². The molecule has 0 atom stereocenters. The van der Waals surface area contributed by atoms with Gasteiger partial charge in [0.25, 0.3) is 0 Å². The second-order valence-electron chi connectivity index (χ2n) is 14.1. The van der Waals surface area contributed by atoms with Crippen LogP contribution in [0.1, 0.15) is 219 Å². The predicted octanol–water partition coefficient (Wildman–Crippen LogP) is 13.8. The zero-order valence-electron chi connectivity index (χ0n) is 29.8. The summed E-state index contributed by atoms with van der Waals surface area (Å²) in [6.07, 6.45) is 46.9. The lowest BCUT2D eigenvalue weighted by molar-refractivity contribution is -0.890. The Morgan fingerprint density at radius 3 is 0.667 bits per heavy atom. The molecule has 0 heterocycles. The van der Waals surface area contributed by atoms with Gasteiger partial charge in [-0.2, -0.15) is 0 Å². The van der Waals surface area contributed by atoms with E-state index in [1.54, 1.807) is 0 Å². The summed E-state index contributed by atoms with van der Waals surface area (Å²) < 4.78 is 1.25. The van der Waals surface area contributed by atoms with Crippen LogP contribution in [-0.4, -0.2) is 31.7 Å². The Kier molecular flexibility index (Phi) is 39.7. The molecule has 0 aliphatic heterocycles. The van der Waals surface area contributed by atoms with E-state index in [4.69, 9.17) is 10.1 Å². The highest BCUT2D eigenvalue weighted by atomic mass is 16.6. The Balaban J connectivity index is 0. The first kappa shape index (κ1) is 43.5. The standard InChI is InChI=1S/C38H80N.HNO2/c1-5-7-9-11-13-15-17-19-21-23-25-27-29-31-33-35-37-39(3,4)38-36-34-32-30-28-26-24-22-20-18-16-14-12-10-8-6-2;2-1-3/h5-38H2,1-4H3;(H,2,3)/q+1;/p-1. The third kappa shape index (κ3) is 41.5. The Morgan fingerprint density at radius 1 is 0.357 bits per heavy atom. The number of nitrogens with zero attached hydrogens (tertiary/aromatic N) is 2. The summed E-state index contributed by atoms with van der Waals surface area (Å²) in [5.41, 5.74) is 0. The van der Waals surface area contributed by atoms with Gasteiger partial charge < -0.3 is 14.6 Å². The third-order valence-corrected chi connectivity index (χ3v) is 9.23. The van der Waals surface area contributed by atoms with Crippen molar-refractivity contribution in [2.45, 2.75) is 219 Å². The summed E-state index contributed by atoms with van der Waals surface area (Å²) in [6, 6.07) is 0. The van der Waals surface area contributed by atoms with Crippen LogP contribution in [0.4, 0.5) is 0 Å². The first-order chi connectivity index (χ1) is 20.5. The van der Waals surface area contributed by atoms with Gasteiger partial charge in [0, 0.05) is 0 Å². The summed E-state index contributed by atoms with van der Waals surface area (Å²) in [4.78, 5) is 8.00. The second kappa shape index (κ2) is 38.4. The summed E-state index contributed by atoms with van der Waals surface area (Å²) in [5, 5.41) is 9.00. The molecule has 0 radical (unpaired) electrons. The third-order valence-electron chi connectivity index (χ3n) is 9.23. The number of hydrogen-bond donors (Lipinski definition) is 0. The molecule has 0 bridgehead atoms. The van der Waals surface area contributed by atoms with Crippen LogP contribution >= 0.6 is 0 Å². The van der Waals surface area contributed by atoms with E-state index in [1.807, 2.05) is 0 Å². The molecule has 254 valence electrons. The van der Waals surface area contributed by atoms with Crippen molar-refractivity contribution in [3.8, 4) is 0 Å². The Morgan fingerprint density at radius 2 is 0.500 bits per heavy atom. The van der Waals surface area contributed by atoms with E-state index in [0.29, 0.717) is 0 Å². The fraction of sp³-hybridized carbons (Fsp3) is 1.00. The average molecular weight is 597 g/mol. The summed E-state index contributed by atoms with van der Waals surface area (Å²) in [6.45, 7) is 7.39. The minimum Gasteiger partial charge on any atom is -0.444 e. The van der Waals surface area contributed by atoms with Gasteiger partial charge in [-0.25, -0.2) is 0 Å². The number of unbranched alkanes of at least 4 members (excludes halogenated alkanes) is 30. The molecule has 4 heteroatoms. The number of rotatable bonds is 34. The number of quaternary nitrogens is 1. The number of hydrogen-bond acceptors (Lipinski definition) is 3. The van der Waals surface area contributed by atoms with Crippen molar-refractivity contribution in [2.75, 3.05) is 27.2 Å². The molecule has 0 unspecified atom stereocenters. The molecule has 0 aromatic heterocycles. The molecular weight excluding hydrogens is 516 g/mol. The minimum atomic E-state index is 1.00. The maximum absolute atomic E-state index is 8.00. The zero-order chi connectivity index (χ0) is 31.2. The van der Waals surface area contributed by atoms with Crippen LogP contribution in [0.5, 0.6) is 0 Å². The normalized spacial score (nSPS) is 11.4. The van der Waals surface area contributed by atoms with Crippen LogP contribution in [0.25, 0.3) is 0 Å². The van der Waals surface area contributed by atoms with Gasteiger partial charge in [0.05, 0.1) is 27.2 Å². The van der Waals surface area contributed by atoms with E-state index < -0.39 is 0 Å². The van der Waals surface area contributed by atoms with Gasteiger partial charge >= 0.3 is 0 Å². The highest BCUT2D eigenvalue weighted by Crippen LogP contribution is 2.16. The molecule has 0 aromatic rings. The van der Waals surface area contributed by atoms with Crippen LogP contribution in [0.3, 0.4) is 0 Å². The van der Waals surface area contributed by atoms with E-state index in [-0.39, 0.29) is 0 Å². The van der Waals surface area contributed by atoms with Crippen LogP contribution in [0.15, 0.2) is 5.34 Å². The molecule has 0 rings (SSSR count). The molecule has 0 fully saturated rings.